The summed E-state index contributed by atoms with van der Waals surface area (Å²) in [7, 11) is 1.91. The number of carbonyl (C=O) groups excluding carboxylic acids is 1. The van der Waals surface area contributed by atoms with Crippen LogP contribution in [0, 0.1) is 11.3 Å². The van der Waals surface area contributed by atoms with E-state index < -0.39 is 6.17 Å². The monoisotopic (exact) mass is 569 g/mol. The highest BCUT2D eigenvalue weighted by Crippen LogP contribution is 2.35. The van der Waals surface area contributed by atoms with Crippen molar-refractivity contribution in [2.24, 2.45) is 0 Å². The number of fused-ring (bicyclic) bond motifs is 2. The summed E-state index contributed by atoms with van der Waals surface area (Å²) in [6.07, 6.45) is 1.85. The number of alkyl halides is 1. The molecule has 0 bridgehead atoms. The van der Waals surface area contributed by atoms with Crippen LogP contribution in [0.4, 0.5) is 15.9 Å². The summed E-state index contributed by atoms with van der Waals surface area (Å²) in [5.74, 6) is 0.630. The SMILES string of the molecule is C=CC(=O)N1CCN(c2nc(OC[C@@H]3C[C@H](F)CN3C)nc3c2CCN(c2cccc4ccccc24)C3)CC1CC#N. The molecule has 0 spiro atoms. The number of benzene rings is 2. The molecule has 2 saturated heterocycles. The Morgan fingerprint density at radius 1 is 1.12 bits per heavy atom. The summed E-state index contributed by atoms with van der Waals surface area (Å²) in [4.78, 5) is 30.5. The second-order valence-corrected chi connectivity index (χ2v) is 11.4. The van der Waals surface area contributed by atoms with Gasteiger partial charge in [0.15, 0.2) is 0 Å². The van der Waals surface area contributed by atoms with E-state index in [0.717, 1.165) is 35.7 Å². The zero-order valence-corrected chi connectivity index (χ0v) is 24.0. The van der Waals surface area contributed by atoms with Crippen LogP contribution in [0.2, 0.25) is 0 Å². The molecule has 6 rings (SSSR count). The Morgan fingerprint density at radius 2 is 1.95 bits per heavy atom. The number of likely N-dealkylation sites (N-methyl/N-ethyl adjacent to an activating group) is 1. The molecule has 9 nitrogen and oxygen atoms in total. The Bertz CT molecular complexity index is 1520. The number of rotatable bonds is 7. The first-order valence-electron chi connectivity index (χ1n) is 14.6. The molecule has 0 N–H and O–H groups in total. The minimum atomic E-state index is -0.857. The van der Waals surface area contributed by atoms with Crippen molar-refractivity contribution >= 4 is 28.2 Å². The summed E-state index contributed by atoms with van der Waals surface area (Å²) in [5, 5.41) is 11.9. The molecule has 3 aliphatic heterocycles. The van der Waals surface area contributed by atoms with Crippen molar-refractivity contribution in [1.29, 1.82) is 5.26 Å². The number of nitriles is 1. The summed E-state index contributed by atoms with van der Waals surface area (Å²) in [6, 6.07) is 17.0. The molecule has 1 amide bonds. The lowest BCUT2D eigenvalue weighted by molar-refractivity contribution is -0.128. The average Bonchev–Trinajstić information content (AvgIpc) is 3.34. The smallest absolute Gasteiger partial charge is 0.318 e. The molecule has 3 atom stereocenters. The van der Waals surface area contributed by atoms with Crippen molar-refractivity contribution in [2.75, 3.05) is 56.2 Å². The minimum Gasteiger partial charge on any atom is -0.462 e. The van der Waals surface area contributed by atoms with Gasteiger partial charge in [-0.1, -0.05) is 43.0 Å². The van der Waals surface area contributed by atoms with E-state index in [2.05, 4.69) is 64.9 Å². The molecule has 42 heavy (non-hydrogen) atoms. The molecule has 2 aromatic carbocycles. The molecule has 10 heteroatoms. The number of likely N-dealkylation sites (tertiary alicyclic amines) is 1. The standard InChI is InChI=1S/C32H36FN7O2/c1-3-30(41)40-16-15-39(19-24(40)11-13-34)31-27-12-14-38(29-10-6-8-22-7-4-5-9-26(22)29)20-28(27)35-32(36-31)42-21-25-17-23(33)18-37(25)2/h3-10,23-25H,1,11-12,14-21H2,2H3/t23-,24?,25-/m0/s1. The predicted molar refractivity (Wildman–Crippen MR) is 160 cm³/mol. The first kappa shape index (κ1) is 27.9. The van der Waals surface area contributed by atoms with Crippen LogP contribution < -0.4 is 14.5 Å². The molecule has 4 heterocycles. The van der Waals surface area contributed by atoms with Crippen LogP contribution in [0.3, 0.4) is 0 Å². The number of aromatic nitrogens is 2. The van der Waals surface area contributed by atoms with Gasteiger partial charge in [-0.05, 0) is 37.4 Å². The number of anilines is 2. The fourth-order valence-corrected chi connectivity index (χ4v) is 6.52. The summed E-state index contributed by atoms with van der Waals surface area (Å²) < 4.78 is 20.2. The maximum atomic E-state index is 14.0. The first-order chi connectivity index (χ1) is 20.4. The van der Waals surface area contributed by atoms with Gasteiger partial charge in [-0.15, -0.1) is 0 Å². The number of ether oxygens (including phenoxy) is 1. The highest BCUT2D eigenvalue weighted by atomic mass is 19.1. The Balaban J connectivity index is 1.32. The van der Waals surface area contributed by atoms with Gasteiger partial charge < -0.3 is 19.4 Å². The second kappa shape index (κ2) is 11.9. The normalized spacial score (nSPS) is 22.6. The van der Waals surface area contributed by atoms with Gasteiger partial charge in [-0.25, -0.2) is 4.39 Å². The number of piperazine rings is 1. The molecule has 0 aliphatic carbocycles. The summed E-state index contributed by atoms with van der Waals surface area (Å²) >= 11 is 0. The zero-order valence-electron chi connectivity index (χ0n) is 24.0. The Morgan fingerprint density at radius 3 is 2.74 bits per heavy atom. The van der Waals surface area contributed by atoms with E-state index >= 15 is 0 Å². The number of hydrogen-bond donors (Lipinski definition) is 0. The quantitative estimate of drug-likeness (QED) is 0.398. The summed E-state index contributed by atoms with van der Waals surface area (Å²) in [6.45, 7) is 7.28. The van der Waals surface area contributed by atoms with E-state index in [-0.39, 0.29) is 30.4 Å². The van der Waals surface area contributed by atoms with E-state index in [4.69, 9.17) is 14.7 Å². The van der Waals surface area contributed by atoms with Gasteiger partial charge in [0.2, 0.25) is 5.91 Å². The van der Waals surface area contributed by atoms with Crippen molar-refractivity contribution in [1.82, 2.24) is 19.8 Å². The van der Waals surface area contributed by atoms with Crippen molar-refractivity contribution in [2.45, 2.75) is 44.1 Å². The van der Waals surface area contributed by atoms with Crippen molar-refractivity contribution in [3.8, 4) is 12.1 Å². The van der Waals surface area contributed by atoms with E-state index in [0.29, 0.717) is 45.8 Å². The maximum absolute atomic E-state index is 14.0. The first-order valence-corrected chi connectivity index (χ1v) is 14.6. The van der Waals surface area contributed by atoms with Gasteiger partial charge in [-0.3, -0.25) is 9.69 Å². The Labute approximate surface area is 245 Å². The van der Waals surface area contributed by atoms with Gasteiger partial charge in [0, 0.05) is 55.4 Å². The second-order valence-electron chi connectivity index (χ2n) is 11.4. The van der Waals surface area contributed by atoms with Crippen molar-refractivity contribution in [3.63, 3.8) is 0 Å². The van der Waals surface area contributed by atoms with Crippen LogP contribution in [0.25, 0.3) is 10.8 Å². The molecule has 2 fully saturated rings. The molecule has 0 radical (unpaired) electrons. The molecular formula is C32H36FN7O2. The van der Waals surface area contributed by atoms with Crippen LogP contribution in [0.15, 0.2) is 55.1 Å². The Kier molecular flexibility index (Phi) is 7.94. The van der Waals surface area contributed by atoms with Crippen LogP contribution in [-0.2, 0) is 17.8 Å². The number of carbonyl (C=O) groups is 1. The number of nitrogens with zero attached hydrogens (tertiary/aromatic N) is 7. The van der Waals surface area contributed by atoms with Gasteiger partial charge in [-0.2, -0.15) is 15.2 Å². The third-order valence-electron chi connectivity index (χ3n) is 8.74. The lowest BCUT2D eigenvalue weighted by Crippen LogP contribution is -2.55. The van der Waals surface area contributed by atoms with Gasteiger partial charge >= 0.3 is 6.01 Å². The average molecular weight is 570 g/mol. The Hall–Kier alpha value is -4.23. The third-order valence-corrected chi connectivity index (χ3v) is 8.74. The fourth-order valence-electron chi connectivity index (χ4n) is 6.52. The molecule has 3 aromatic rings. The lowest BCUT2D eigenvalue weighted by Gasteiger charge is -2.42. The van der Waals surface area contributed by atoms with E-state index in [9.17, 15) is 14.4 Å². The predicted octanol–water partition coefficient (Wildman–Crippen LogP) is 3.73. The zero-order chi connectivity index (χ0) is 29.2. The molecule has 1 aromatic heterocycles. The molecule has 1 unspecified atom stereocenters. The molecule has 3 aliphatic rings. The lowest BCUT2D eigenvalue weighted by atomic mass is 10.0. The molecule has 0 saturated carbocycles. The topological polar surface area (TPSA) is 88.8 Å². The van der Waals surface area contributed by atoms with Crippen molar-refractivity contribution < 1.29 is 13.9 Å². The van der Waals surface area contributed by atoms with Crippen LogP contribution in [0.5, 0.6) is 6.01 Å². The largest absolute Gasteiger partial charge is 0.462 e. The van der Waals surface area contributed by atoms with Crippen LogP contribution in [0.1, 0.15) is 24.1 Å². The van der Waals surface area contributed by atoms with Crippen molar-refractivity contribution in [3.05, 3.63) is 66.4 Å². The number of halogens is 1. The number of amides is 1. The minimum absolute atomic E-state index is 0.0382. The van der Waals surface area contributed by atoms with Crippen LogP contribution >= 0.6 is 0 Å². The third kappa shape index (κ3) is 5.49. The van der Waals surface area contributed by atoms with Crippen LogP contribution in [-0.4, -0.2) is 90.3 Å². The van der Waals surface area contributed by atoms with Gasteiger partial charge in [0.25, 0.3) is 0 Å². The number of hydrogen-bond acceptors (Lipinski definition) is 8. The highest BCUT2D eigenvalue weighted by Gasteiger charge is 2.34. The maximum Gasteiger partial charge on any atom is 0.318 e. The summed E-state index contributed by atoms with van der Waals surface area (Å²) in [5.41, 5.74) is 3.13. The van der Waals surface area contributed by atoms with Gasteiger partial charge in [0.05, 0.1) is 30.8 Å². The fraction of sp³-hybridized carbons (Fsp3) is 0.438. The van der Waals surface area contributed by atoms with E-state index in [1.807, 2.05) is 11.9 Å². The molecular weight excluding hydrogens is 533 g/mol. The van der Waals surface area contributed by atoms with Gasteiger partial charge in [0.1, 0.15) is 18.6 Å². The van der Waals surface area contributed by atoms with E-state index in [1.54, 1.807) is 4.90 Å². The highest BCUT2D eigenvalue weighted by molar-refractivity contribution is 5.94. The van der Waals surface area contributed by atoms with E-state index in [1.165, 1.54) is 16.8 Å². The molecule has 218 valence electrons.